The first-order valence-electron chi connectivity index (χ1n) is 6.10. The number of methoxy groups -OCH3 is 1. The first kappa shape index (κ1) is 11.0. The van der Waals surface area contributed by atoms with Crippen LogP contribution in [-0.4, -0.2) is 13.7 Å². The minimum atomic E-state index is 0.311. The van der Waals surface area contributed by atoms with E-state index in [2.05, 4.69) is 6.58 Å². The fourth-order valence-electron chi connectivity index (χ4n) is 3.58. The molecule has 0 spiro atoms. The zero-order chi connectivity index (χ0) is 10.9. The van der Waals surface area contributed by atoms with E-state index in [1.165, 1.54) is 44.9 Å². The molecular formula is C13H23NO. The van der Waals surface area contributed by atoms with E-state index in [1.807, 2.05) is 0 Å². The molecule has 0 aromatic carbocycles. The number of hydrogen-bond acceptors (Lipinski definition) is 2. The number of ether oxygens (including phenoxy) is 1. The molecule has 0 aromatic rings. The van der Waals surface area contributed by atoms with Crippen LogP contribution in [0.3, 0.4) is 0 Å². The molecule has 2 nitrogen and oxygen atoms in total. The van der Waals surface area contributed by atoms with E-state index in [9.17, 15) is 0 Å². The van der Waals surface area contributed by atoms with E-state index in [1.54, 1.807) is 7.11 Å². The van der Waals surface area contributed by atoms with Crippen molar-refractivity contribution >= 4 is 0 Å². The van der Waals surface area contributed by atoms with Gasteiger partial charge in [-0.05, 0) is 56.9 Å². The molecule has 3 aliphatic rings. The molecule has 2 heteroatoms. The van der Waals surface area contributed by atoms with Crippen LogP contribution in [0.25, 0.3) is 0 Å². The summed E-state index contributed by atoms with van der Waals surface area (Å²) in [4.78, 5) is 0. The van der Waals surface area contributed by atoms with Crippen LogP contribution in [-0.2, 0) is 4.74 Å². The maximum Gasteiger partial charge on any atom is 0.0945 e. The Labute approximate surface area is 92.9 Å². The molecule has 3 rings (SSSR count). The van der Waals surface area contributed by atoms with E-state index >= 15 is 0 Å². The van der Waals surface area contributed by atoms with Crippen molar-refractivity contribution in [2.24, 2.45) is 16.6 Å². The van der Waals surface area contributed by atoms with Crippen molar-refractivity contribution in [1.82, 2.24) is 0 Å². The van der Waals surface area contributed by atoms with Crippen molar-refractivity contribution in [2.45, 2.75) is 44.9 Å². The fourth-order valence-corrected chi connectivity index (χ4v) is 3.58. The Morgan fingerprint density at radius 3 is 2.13 bits per heavy atom. The third-order valence-electron chi connectivity index (χ3n) is 4.91. The summed E-state index contributed by atoms with van der Waals surface area (Å²) in [6.07, 6.45) is 8.98. The van der Waals surface area contributed by atoms with Gasteiger partial charge in [0.1, 0.15) is 0 Å². The van der Waals surface area contributed by atoms with Gasteiger partial charge in [-0.15, -0.1) is 0 Å². The Kier molecular flexibility index (Phi) is 2.80. The lowest BCUT2D eigenvalue weighted by atomic mass is 9.52. The van der Waals surface area contributed by atoms with Gasteiger partial charge in [0.2, 0.25) is 0 Å². The highest BCUT2D eigenvalue weighted by Gasteiger charge is 2.49. The number of allylic oxidation sites excluding steroid dienone is 1. The van der Waals surface area contributed by atoms with Crippen molar-refractivity contribution < 1.29 is 4.74 Å². The average Bonchev–Trinajstić information content (AvgIpc) is 2.30. The molecule has 0 unspecified atom stereocenters. The zero-order valence-corrected chi connectivity index (χ0v) is 9.85. The first-order valence-corrected chi connectivity index (χ1v) is 6.10. The Hall–Kier alpha value is -0.500. The lowest BCUT2D eigenvalue weighted by Gasteiger charge is -2.53. The van der Waals surface area contributed by atoms with Crippen LogP contribution >= 0.6 is 0 Å². The minimum absolute atomic E-state index is 0.311. The first-order chi connectivity index (χ1) is 7.16. The summed E-state index contributed by atoms with van der Waals surface area (Å²) in [6, 6.07) is 0. The number of rotatable bonds is 4. The van der Waals surface area contributed by atoms with Gasteiger partial charge in [-0.2, -0.15) is 0 Å². The van der Waals surface area contributed by atoms with Crippen molar-refractivity contribution in [1.29, 1.82) is 0 Å². The van der Waals surface area contributed by atoms with Gasteiger partial charge in [-0.25, -0.2) is 0 Å². The molecule has 3 fully saturated rings. The highest BCUT2D eigenvalue weighted by Crippen LogP contribution is 2.60. The van der Waals surface area contributed by atoms with Crippen LogP contribution in [0.2, 0.25) is 0 Å². The minimum Gasteiger partial charge on any atom is -0.501 e. The molecule has 2 N–H and O–H groups in total. The molecule has 3 saturated carbocycles. The summed E-state index contributed by atoms with van der Waals surface area (Å²) in [7, 11) is 1.76. The Balaban J connectivity index is 2.07. The SMILES string of the molecule is C=C(OC)C12CCC(CCN)(CC1)CC2. The molecule has 2 bridgehead atoms. The van der Waals surface area contributed by atoms with Crippen LogP contribution < -0.4 is 5.73 Å². The quantitative estimate of drug-likeness (QED) is 0.723. The van der Waals surface area contributed by atoms with Crippen molar-refractivity contribution in [3.63, 3.8) is 0 Å². The average molecular weight is 209 g/mol. The van der Waals surface area contributed by atoms with Crippen molar-refractivity contribution in [3.05, 3.63) is 12.3 Å². The Bertz CT molecular complexity index is 235. The molecule has 3 aliphatic carbocycles. The summed E-state index contributed by atoms with van der Waals surface area (Å²) in [5, 5.41) is 0. The third-order valence-corrected chi connectivity index (χ3v) is 4.91. The fraction of sp³-hybridized carbons (Fsp3) is 0.846. The Morgan fingerprint density at radius 2 is 1.73 bits per heavy atom. The standard InChI is InChI=1S/C13H23NO/c1-11(15-2)13-6-3-12(4-7-13,5-8-13)9-10-14/h1,3-10,14H2,2H3. The predicted molar refractivity (Wildman–Crippen MR) is 62.4 cm³/mol. The topological polar surface area (TPSA) is 35.2 Å². The van der Waals surface area contributed by atoms with Crippen LogP contribution in [0.15, 0.2) is 12.3 Å². The van der Waals surface area contributed by atoms with E-state index in [4.69, 9.17) is 10.5 Å². The highest BCUT2D eigenvalue weighted by molar-refractivity contribution is 5.11. The van der Waals surface area contributed by atoms with E-state index in [0.29, 0.717) is 10.8 Å². The number of nitrogens with two attached hydrogens (primary N) is 1. The van der Waals surface area contributed by atoms with Gasteiger partial charge >= 0.3 is 0 Å². The van der Waals surface area contributed by atoms with Crippen LogP contribution in [0.4, 0.5) is 0 Å². The van der Waals surface area contributed by atoms with Gasteiger partial charge < -0.3 is 10.5 Å². The van der Waals surface area contributed by atoms with Crippen LogP contribution in [0.5, 0.6) is 0 Å². The van der Waals surface area contributed by atoms with E-state index in [0.717, 1.165) is 12.3 Å². The molecule has 0 amide bonds. The summed E-state index contributed by atoms with van der Waals surface area (Å²) < 4.78 is 5.38. The van der Waals surface area contributed by atoms with E-state index < -0.39 is 0 Å². The highest BCUT2D eigenvalue weighted by atomic mass is 16.5. The van der Waals surface area contributed by atoms with Gasteiger partial charge in [-0.3, -0.25) is 0 Å². The lowest BCUT2D eigenvalue weighted by molar-refractivity contribution is -0.0184. The molecule has 0 radical (unpaired) electrons. The van der Waals surface area contributed by atoms with Crippen LogP contribution in [0, 0.1) is 10.8 Å². The molecule has 15 heavy (non-hydrogen) atoms. The second-order valence-corrected chi connectivity index (χ2v) is 5.45. The van der Waals surface area contributed by atoms with Gasteiger partial charge in [0.05, 0.1) is 12.9 Å². The smallest absolute Gasteiger partial charge is 0.0945 e. The number of hydrogen-bond donors (Lipinski definition) is 1. The monoisotopic (exact) mass is 209 g/mol. The molecule has 0 saturated heterocycles. The maximum absolute atomic E-state index is 5.71. The van der Waals surface area contributed by atoms with Gasteiger partial charge in [0.25, 0.3) is 0 Å². The normalized spacial score (nSPS) is 39.1. The summed E-state index contributed by atoms with van der Waals surface area (Å²) >= 11 is 0. The van der Waals surface area contributed by atoms with Gasteiger partial charge in [-0.1, -0.05) is 6.58 Å². The second kappa shape index (κ2) is 3.82. The van der Waals surface area contributed by atoms with Crippen molar-refractivity contribution in [3.8, 4) is 0 Å². The number of fused-ring (bicyclic) bond motifs is 3. The molecule has 86 valence electrons. The largest absolute Gasteiger partial charge is 0.501 e. The Morgan fingerprint density at radius 1 is 1.20 bits per heavy atom. The lowest BCUT2D eigenvalue weighted by Crippen LogP contribution is -2.43. The van der Waals surface area contributed by atoms with Gasteiger partial charge in [0, 0.05) is 5.41 Å². The zero-order valence-electron chi connectivity index (χ0n) is 9.85. The van der Waals surface area contributed by atoms with Crippen LogP contribution in [0.1, 0.15) is 44.9 Å². The third kappa shape index (κ3) is 1.69. The van der Waals surface area contributed by atoms with Gasteiger partial charge in [0.15, 0.2) is 0 Å². The van der Waals surface area contributed by atoms with E-state index in [-0.39, 0.29) is 0 Å². The van der Waals surface area contributed by atoms with Crippen molar-refractivity contribution in [2.75, 3.05) is 13.7 Å². The second-order valence-electron chi connectivity index (χ2n) is 5.45. The summed E-state index contributed by atoms with van der Waals surface area (Å²) in [5.41, 5.74) is 6.60. The maximum atomic E-state index is 5.71. The summed E-state index contributed by atoms with van der Waals surface area (Å²) in [6.45, 7) is 4.93. The molecular weight excluding hydrogens is 186 g/mol. The summed E-state index contributed by atoms with van der Waals surface area (Å²) in [5.74, 6) is 1.02. The molecule has 0 atom stereocenters. The molecule has 0 aromatic heterocycles. The molecule has 0 heterocycles. The molecule has 0 aliphatic heterocycles. The predicted octanol–water partition coefficient (Wildman–Crippen LogP) is 2.84.